The van der Waals surface area contributed by atoms with Crippen molar-refractivity contribution in [2.45, 2.75) is 52.3 Å². The first kappa shape index (κ1) is 10.0. The van der Waals surface area contributed by atoms with Crippen LogP contribution in [0.1, 0.15) is 34.1 Å². The quantitative estimate of drug-likeness (QED) is 0.699. The smallest absolute Gasteiger partial charge is 0.0700 e. The summed E-state index contributed by atoms with van der Waals surface area (Å²) >= 11 is 0. The Kier molecular flexibility index (Phi) is 3.53. The minimum absolute atomic E-state index is 0.395. The Hall–Kier alpha value is -0.0800. The summed E-state index contributed by atoms with van der Waals surface area (Å²) in [6, 6.07) is 1.17. The molecule has 72 valence electrons. The third-order valence-corrected chi connectivity index (χ3v) is 2.85. The molecule has 0 aliphatic carbocycles. The fourth-order valence-electron chi connectivity index (χ4n) is 1.48. The SMILES string of the molecule is CC(C)[C@H](C)N[C@@H]1CCO[C@@H]1C. The summed E-state index contributed by atoms with van der Waals surface area (Å²) in [6.07, 6.45) is 1.56. The maximum absolute atomic E-state index is 5.48. The normalized spacial score (nSPS) is 32.8. The average molecular weight is 171 g/mol. The van der Waals surface area contributed by atoms with Crippen molar-refractivity contribution in [2.24, 2.45) is 5.92 Å². The summed E-state index contributed by atoms with van der Waals surface area (Å²) in [4.78, 5) is 0. The standard InChI is InChI=1S/C10H21NO/c1-7(2)8(3)11-10-5-6-12-9(10)4/h7-11H,5-6H2,1-4H3/t8-,9+,10+/m0/s1. The zero-order chi connectivity index (χ0) is 9.14. The lowest BCUT2D eigenvalue weighted by Gasteiger charge is -2.24. The maximum atomic E-state index is 5.48. The van der Waals surface area contributed by atoms with Gasteiger partial charge in [-0.3, -0.25) is 0 Å². The highest BCUT2D eigenvalue weighted by atomic mass is 16.5. The van der Waals surface area contributed by atoms with Gasteiger partial charge in [-0.15, -0.1) is 0 Å². The second-order valence-electron chi connectivity index (χ2n) is 4.17. The van der Waals surface area contributed by atoms with Gasteiger partial charge in [-0.05, 0) is 26.2 Å². The number of ether oxygens (including phenoxy) is 1. The molecule has 0 aromatic carbocycles. The molecule has 2 heteroatoms. The second kappa shape index (κ2) is 4.24. The monoisotopic (exact) mass is 171 g/mol. The van der Waals surface area contributed by atoms with Gasteiger partial charge in [0.25, 0.3) is 0 Å². The van der Waals surface area contributed by atoms with E-state index >= 15 is 0 Å². The van der Waals surface area contributed by atoms with Gasteiger partial charge in [-0.1, -0.05) is 13.8 Å². The number of hydrogen-bond acceptors (Lipinski definition) is 2. The molecule has 1 aliphatic heterocycles. The minimum Gasteiger partial charge on any atom is -0.377 e. The topological polar surface area (TPSA) is 21.3 Å². The molecule has 3 atom stereocenters. The van der Waals surface area contributed by atoms with Gasteiger partial charge in [-0.2, -0.15) is 0 Å². The molecule has 0 unspecified atom stereocenters. The van der Waals surface area contributed by atoms with E-state index in [1.54, 1.807) is 0 Å². The van der Waals surface area contributed by atoms with Crippen LogP contribution in [0.5, 0.6) is 0 Å². The molecule has 1 N–H and O–H groups in total. The molecule has 0 radical (unpaired) electrons. The summed E-state index contributed by atoms with van der Waals surface area (Å²) in [7, 11) is 0. The van der Waals surface area contributed by atoms with Gasteiger partial charge in [-0.25, -0.2) is 0 Å². The van der Waals surface area contributed by atoms with Crippen molar-refractivity contribution in [1.82, 2.24) is 5.32 Å². The highest BCUT2D eigenvalue weighted by Crippen LogP contribution is 2.14. The predicted octanol–water partition coefficient (Wildman–Crippen LogP) is 1.80. The van der Waals surface area contributed by atoms with E-state index < -0.39 is 0 Å². The molecule has 0 saturated carbocycles. The highest BCUT2D eigenvalue weighted by Gasteiger charge is 2.25. The lowest BCUT2D eigenvalue weighted by Crippen LogP contribution is -2.42. The van der Waals surface area contributed by atoms with E-state index in [2.05, 4.69) is 33.0 Å². The summed E-state index contributed by atoms with van der Waals surface area (Å²) in [5.41, 5.74) is 0. The minimum atomic E-state index is 0.395. The Morgan fingerprint density at radius 2 is 2.00 bits per heavy atom. The van der Waals surface area contributed by atoms with Crippen LogP contribution in [0.2, 0.25) is 0 Å². The summed E-state index contributed by atoms with van der Waals surface area (Å²) < 4.78 is 5.48. The molecule has 1 fully saturated rings. The zero-order valence-electron chi connectivity index (χ0n) is 8.63. The molecule has 1 heterocycles. The van der Waals surface area contributed by atoms with Gasteiger partial charge in [0.15, 0.2) is 0 Å². The summed E-state index contributed by atoms with van der Waals surface area (Å²) in [5.74, 6) is 0.706. The van der Waals surface area contributed by atoms with Crippen molar-refractivity contribution in [3.63, 3.8) is 0 Å². The van der Waals surface area contributed by atoms with Crippen molar-refractivity contribution < 1.29 is 4.74 Å². The van der Waals surface area contributed by atoms with Gasteiger partial charge < -0.3 is 10.1 Å². The van der Waals surface area contributed by atoms with E-state index in [0.29, 0.717) is 24.1 Å². The number of nitrogens with one attached hydrogen (secondary N) is 1. The van der Waals surface area contributed by atoms with Gasteiger partial charge in [0.2, 0.25) is 0 Å². The Labute approximate surface area is 75.7 Å². The van der Waals surface area contributed by atoms with Crippen LogP contribution in [0.3, 0.4) is 0 Å². The molecule has 0 amide bonds. The van der Waals surface area contributed by atoms with E-state index in [1.165, 1.54) is 0 Å². The number of rotatable bonds is 3. The van der Waals surface area contributed by atoms with E-state index in [-0.39, 0.29) is 0 Å². The molecule has 0 spiro atoms. The Morgan fingerprint density at radius 1 is 1.33 bits per heavy atom. The number of hydrogen-bond donors (Lipinski definition) is 1. The van der Waals surface area contributed by atoms with Crippen LogP contribution in [-0.2, 0) is 4.74 Å². The van der Waals surface area contributed by atoms with Gasteiger partial charge in [0.05, 0.1) is 6.10 Å². The van der Waals surface area contributed by atoms with Gasteiger partial charge in [0.1, 0.15) is 0 Å². The molecular weight excluding hydrogens is 150 g/mol. The zero-order valence-corrected chi connectivity index (χ0v) is 8.63. The Morgan fingerprint density at radius 3 is 2.42 bits per heavy atom. The second-order valence-corrected chi connectivity index (χ2v) is 4.17. The summed E-state index contributed by atoms with van der Waals surface area (Å²) in [6.45, 7) is 9.81. The first-order valence-corrected chi connectivity index (χ1v) is 4.99. The third-order valence-electron chi connectivity index (χ3n) is 2.85. The van der Waals surface area contributed by atoms with E-state index in [1.807, 2.05) is 0 Å². The lowest BCUT2D eigenvalue weighted by molar-refractivity contribution is 0.110. The van der Waals surface area contributed by atoms with Crippen LogP contribution in [0.25, 0.3) is 0 Å². The third kappa shape index (κ3) is 2.46. The van der Waals surface area contributed by atoms with Crippen LogP contribution in [0.4, 0.5) is 0 Å². The molecule has 2 nitrogen and oxygen atoms in total. The Balaban J connectivity index is 2.30. The molecule has 1 saturated heterocycles. The van der Waals surface area contributed by atoms with Gasteiger partial charge in [0, 0.05) is 18.7 Å². The fraction of sp³-hybridized carbons (Fsp3) is 1.00. The summed E-state index contributed by atoms with van der Waals surface area (Å²) in [5, 5.41) is 3.60. The lowest BCUT2D eigenvalue weighted by atomic mass is 10.0. The van der Waals surface area contributed by atoms with Crippen LogP contribution >= 0.6 is 0 Å². The molecule has 0 aromatic rings. The van der Waals surface area contributed by atoms with E-state index in [4.69, 9.17) is 4.74 Å². The van der Waals surface area contributed by atoms with Gasteiger partial charge >= 0.3 is 0 Å². The highest BCUT2D eigenvalue weighted by molar-refractivity contribution is 4.82. The predicted molar refractivity (Wildman–Crippen MR) is 51.3 cm³/mol. The fourth-order valence-corrected chi connectivity index (χ4v) is 1.48. The van der Waals surface area contributed by atoms with Crippen LogP contribution in [-0.4, -0.2) is 24.8 Å². The van der Waals surface area contributed by atoms with Crippen molar-refractivity contribution >= 4 is 0 Å². The molecule has 12 heavy (non-hydrogen) atoms. The van der Waals surface area contributed by atoms with Crippen molar-refractivity contribution in [3.05, 3.63) is 0 Å². The molecule has 0 bridgehead atoms. The molecular formula is C10H21NO. The molecule has 1 aliphatic rings. The van der Waals surface area contributed by atoms with E-state index in [0.717, 1.165) is 13.0 Å². The van der Waals surface area contributed by atoms with E-state index in [9.17, 15) is 0 Å². The van der Waals surface area contributed by atoms with Crippen LogP contribution in [0, 0.1) is 5.92 Å². The van der Waals surface area contributed by atoms with Crippen LogP contribution < -0.4 is 5.32 Å². The first-order chi connectivity index (χ1) is 5.61. The molecule has 0 aromatic heterocycles. The Bertz CT molecular complexity index is 136. The van der Waals surface area contributed by atoms with Crippen molar-refractivity contribution in [3.8, 4) is 0 Å². The average Bonchev–Trinajstić information content (AvgIpc) is 2.36. The van der Waals surface area contributed by atoms with Crippen molar-refractivity contribution in [2.75, 3.05) is 6.61 Å². The molecule has 1 rings (SSSR count). The first-order valence-electron chi connectivity index (χ1n) is 4.99. The van der Waals surface area contributed by atoms with Crippen molar-refractivity contribution in [1.29, 1.82) is 0 Å². The largest absolute Gasteiger partial charge is 0.377 e. The maximum Gasteiger partial charge on any atom is 0.0700 e. The van der Waals surface area contributed by atoms with Crippen LogP contribution in [0.15, 0.2) is 0 Å².